The van der Waals surface area contributed by atoms with E-state index in [9.17, 15) is 9.59 Å². The molecule has 0 saturated heterocycles. The van der Waals surface area contributed by atoms with Gasteiger partial charge in [-0.05, 0) is 35.2 Å². The van der Waals surface area contributed by atoms with Crippen LogP contribution >= 0.6 is 0 Å². The van der Waals surface area contributed by atoms with E-state index in [0.29, 0.717) is 25.4 Å². The minimum absolute atomic E-state index is 0.0594. The molecule has 0 fully saturated rings. The van der Waals surface area contributed by atoms with Crippen molar-refractivity contribution in [2.75, 3.05) is 13.1 Å². The molecule has 1 aromatic heterocycles. The van der Waals surface area contributed by atoms with Crippen LogP contribution in [0.1, 0.15) is 34.8 Å². The maximum atomic E-state index is 13.9. The molecule has 35 heavy (non-hydrogen) atoms. The lowest BCUT2D eigenvalue weighted by atomic mass is 9.90. The van der Waals surface area contributed by atoms with Crippen molar-refractivity contribution < 1.29 is 14.0 Å². The number of carbonyl (C=O) groups is 2. The number of carbonyl (C=O) groups excluding carboxylic acids is 2. The Morgan fingerprint density at radius 1 is 0.771 bits per heavy atom. The van der Waals surface area contributed by atoms with Gasteiger partial charge < -0.3 is 14.6 Å². The second-order valence-corrected chi connectivity index (χ2v) is 8.43. The second kappa shape index (κ2) is 12.4. The van der Waals surface area contributed by atoms with E-state index in [-0.39, 0.29) is 18.2 Å². The standard InChI is InChI=1S/C30H30N2O3/c33-28(31-20-18-24-11-4-1-5-12-24)19-21-32(23-27-17-10-22-35-27)30(34)29(25-13-6-2-7-14-25)26-15-8-3-9-16-26/h1-17,22,29H,18-21,23H2,(H,31,33). The van der Waals surface area contributed by atoms with Gasteiger partial charge in [-0.2, -0.15) is 0 Å². The number of nitrogens with one attached hydrogen (secondary N) is 1. The number of hydrogen-bond donors (Lipinski definition) is 1. The molecule has 5 nitrogen and oxygen atoms in total. The highest BCUT2D eigenvalue weighted by Gasteiger charge is 2.28. The van der Waals surface area contributed by atoms with Gasteiger partial charge in [0.15, 0.2) is 0 Å². The molecule has 1 heterocycles. The van der Waals surface area contributed by atoms with Crippen LogP contribution in [-0.2, 0) is 22.6 Å². The van der Waals surface area contributed by atoms with E-state index >= 15 is 0 Å². The molecular weight excluding hydrogens is 436 g/mol. The van der Waals surface area contributed by atoms with Crippen LogP contribution in [0.3, 0.4) is 0 Å². The quantitative estimate of drug-likeness (QED) is 0.331. The van der Waals surface area contributed by atoms with E-state index in [1.54, 1.807) is 17.2 Å². The Labute approximate surface area is 206 Å². The van der Waals surface area contributed by atoms with Crippen LogP contribution in [0.4, 0.5) is 0 Å². The lowest BCUT2D eigenvalue weighted by Gasteiger charge is -2.27. The molecule has 0 atom stereocenters. The zero-order chi connectivity index (χ0) is 24.3. The van der Waals surface area contributed by atoms with E-state index in [0.717, 1.165) is 17.5 Å². The zero-order valence-electron chi connectivity index (χ0n) is 19.7. The van der Waals surface area contributed by atoms with Crippen molar-refractivity contribution in [2.24, 2.45) is 0 Å². The van der Waals surface area contributed by atoms with Crippen molar-refractivity contribution in [3.05, 3.63) is 132 Å². The third-order valence-corrected chi connectivity index (χ3v) is 5.94. The summed E-state index contributed by atoms with van der Waals surface area (Å²) in [7, 11) is 0. The van der Waals surface area contributed by atoms with Gasteiger partial charge in [0.25, 0.3) is 0 Å². The number of rotatable bonds is 11. The topological polar surface area (TPSA) is 62.6 Å². The Hall–Kier alpha value is -4.12. The first-order valence-corrected chi connectivity index (χ1v) is 11.9. The molecule has 2 amide bonds. The number of hydrogen-bond acceptors (Lipinski definition) is 3. The van der Waals surface area contributed by atoms with Crippen molar-refractivity contribution in [2.45, 2.75) is 25.3 Å². The van der Waals surface area contributed by atoms with Crippen LogP contribution in [-0.4, -0.2) is 29.8 Å². The van der Waals surface area contributed by atoms with Gasteiger partial charge in [-0.25, -0.2) is 0 Å². The summed E-state index contributed by atoms with van der Waals surface area (Å²) in [5.74, 6) is 0.0845. The summed E-state index contributed by atoms with van der Waals surface area (Å²) in [6, 6.07) is 33.2. The molecule has 0 unspecified atom stereocenters. The molecule has 0 aliphatic rings. The van der Waals surface area contributed by atoms with Crippen molar-refractivity contribution in [1.82, 2.24) is 10.2 Å². The van der Waals surface area contributed by atoms with Gasteiger partial charge in [0.1, 0.15) is 5.76 Å². The second-order valence-electron chi connectivity index (χ2n) is 8.43. The number of benzene rings is 3. The van der Waals surface area contributed by atoms with Crippen LogP contribution in [0, 0.1) is 0 Å². The number of furan rings is 1. The van der Waals surface area contributed by atoms with Gasteiger partial charge in [-0.15, -0.1) is 0 Å². The van der Waals surface area contributed by atoms with E-state index in [2.05, 4.69) is 5.32 Å². The van der Waals surface area contributed by atoms with Gasteiger partial charge in [-0.1, -0.05) is 91.0 Å². The van der Waals surface area contributed by atoms with Crippen LogP contribution in [0.2, 0.25) is 0 Å². The summed E-state index contributed by atoms with van der Waals surface area (Å²) in [6.07, 6.45) is 2.59. The zero-order valence-corrected chi connectivity index (χ0v) is 19.7. The molecule has 0 spiro atoms. The Kier molecular flexibility index (Phi) is 8.49. The number of amides is 2. The summed E-state index contributed by atoms with van der Waals surface area (Å²) in [5.41, 5.74) is 3.01. The maximum absolute atomic E-state index is 13.9. The fourth-order valence-electron chi connectivity index (χ4n) is 4.12. The smallest absolute Gasteiger partial charge is 0.234 e. The first-order valence-electron chi connectivity index (χ1n) is 11.9. The summed E-state index contributed by atoms with van der Waals surface area (Å²) in [5, 5.41) is 2.98. The summed E-state index contributed by atoms with van der Waals surface area (Å²) < 4.78 is 5.53. The normalized spacial score (nSPS) is 10.8. The van der Waals surface area contributed by atoms with Crippen molar-refractivity contribution in [3.8, 4) is 0 Å². The van der Waals surface area contributed by atoms with E-state index in [4.69, 9.17) is 4.42 Å². The first-order chi connectivity index (χ1) is 17.2. The van der Waals surface area contributed by atoms with Gasteiger partial charge in [0.2, 0.25) is 11.8 Å². The molecule has 0 aliphatic carbocycles. The fourth-order valence-corrected chi connectivity index (χ4v) is 4.12. The maximum Gasteiger partial charge on any atom is 0.234 e. The minimum Gasteiger partial charge on any atom is -0.467 e. The van der Waals surface area contributed by atoms with Crippen LogP contribution in [0.25, 0.3) is 0 Å². The molecule has 178 valence electrons. The monoisotopic (exact) mass is 466 g/mol. The lowest BCUT2D eigenvalue weighted by Crippen LogP contribution is -2.38. The van der Waals surface area contributed by atoms with E-state index < -0.39 is 5.92 Å². The van der Waals surface area contributed by atoms with E-state index in [1.807, 2.05) is 97.1 Å². The van der Waals surface area contributed by atoms with Crippen LogP contribution in [0.15, 0.2) is 114 Å². The summed E-state index contributed by atoms with van der Waals surface area (Å²) >= 11 is 0. The fraction of sp³-hybridized carbons (Fsp3) is 0.200. The van der Waals surface area contributed by atoms with Gasteiger partial charge >= 0.3 is 0 Å². The molecule has 0 bridgehead atoms. The molecule has 3 aromatic carbocycles. The average Bonchev–Trinajstić information content (AvgIpc) is 3.42. The van der Waals surface area contributed by atoms with Gasteiger partial charge in [0.05, 0.1) is 18.7 Å². The van der Waals surface area contributed by atoms with Crippen molar-refractivity contribution in [3.63, 3.8) is 0 Å². The number of nitrogens with zero attached hydrogens (tertiary/aromatic N) is 1. The Bertz CT molecular complexity index is 1140. The molecule has 4 aromatic rings. The summed E-state index contributed by atoms with van der Waals surface area (Å²) in [6.45, 7) is 1.16. The van der Waals surface area contributed by atoms with Crippen molar-refractivity contribution >= 4 is 11.8 Å². The molecule has 1 N–H and O–H groups in total. The first kappa shape index (κ1) is 24.0. The molecule has 5 heteroatoms. The van der Waals surface area contributed by atoms with Crippen molar-refractivity contribution in [1.29, 1.82) is 0 Å². The largest absolute Gasteiger partial charge is 0.467 e. The predicted molar refractivity (Wildman–Crippen MR) is 137 cm³/mol. The van der Waals surface area contributed by atoms with Gasteiger partial charge in [-0.3, -0.25) is 9.59 Å². The van der Waals surface area contributed by atoms with E-state index in [1.165, 1.54) is 5.56 Å². The van der Waals surface area contributed by atoms with Gasteiger partial charge in [0, 0.05) is 19.5 Å². The highest BCUT2D eigenvalue weighted by atomic mass is 16.3. The Balaban J connectivity index is 1.46. The molecule has 0 radical (unpaired) electrons. The average molecular weight is 467 g/mol. The molecular formula is C30H30N2O3. The highest BCUT2D eigenvalue weighted by molar-refractivity contribution is 5.87. The molecule has 0 saturated carbocycles. The third-order valence-electron chi connectivity index (χ3n) is 5.94. The third kappa shape index (κ3) is 6.93. The molecule has 4 rings (SSSR count). The minimum atomic E-state index is -0.464. The van der Waals surface area contributed by atoms with Crippen LogP contribution < -0.4 is 5.32 Å². The lowest BCUT2D eigenvalue weighted by molar-refractivity contribution is -0.133. The molecule has 0 aliphatic heterocycles. The Morgan fingerprint density at radius 2 is 1.37 bits per heavy atom. The highest BCUT2D eigenvalue weighted by Crippen LogP contribution is 2.27. The Morgan fingerprint density at radius 3 is 1.94 bits per heavy atom. The SMILES string of the molecule is O=C(CCN(Cc1ccco1)C(=O)C(c1ccccc1)c1ccccc1)NCCc1ccccc1. The van der Waals surface area contributed by atoms with Crippen LogP contribution in [0.5, 0.6) is 0 Å². The predicted octanol–water partition coefficient (Wildman–Crippen LogP) is 5.19. The summed E-state index contributed by atoms with van der Waals surface area (Å²) in [4.78, 5) is 28.3.